The van der Waals surface area contributed by atoms with Gasteiger partial charge in [0.1, 0.15) is 0 Å². The molecule has 1 N–H and O–H groups in total. The minimum Gasteiger partial charge on any atom is -0.312 e. The van der Waals surface area contributed by atoms with Gasteiger partial charge in [0, 0.05) is 12.1 Å². The largest absolute Gasteiger partial charge is 0.312 e. The van der Waals surface area contributed by atoms with Gasteiger partial charge >= 0.3 is 0 Å². The van der Waals surface area contributed by atoms with Gasteiger partial charge in [0.05, 0.1) is 0 Å². The van der Waals surface area contributed by atoms with E-state index >= 15 is 0 Å². The van der Waals surface area contributed by atoms with Crippen molar-refractivity contribution in [3.05, 3.63) is 35.4 Å². The van der Waals surface area contributed by atoms with Crippen LogP contribution in [0.4, 0.5) is 0 Å². The molecule has 2 nitrogen and oxygen atoms in total. The molecule has 0 radical (unpaired) electrons. The Kier molecular flexibility index (Phi) is 3.90. The van der Waals surface area contributed by atoms with Crippen molar-refractivity contribution in [2.75, 3.05) is 20.1 Å². The highest BCUT2D eigenvalue weighted by Gasteiger charge is 2.35. The molecule has 1 heterocycles. The standard InChI is InChI=1S/C17H26N2/c1-13-6-5-10-19(11-9-13)16-12-14-7-3-4-8-15(14)17(16)18-2/h3-4,7-8,13,16-18H,5-6,9-12H2,1-2H3. The number of hydrogen-bond donors (Lipinski definition) is 1. The van der Waals surface area contributed by atoms with E-state index in [1.807, 2.05) is 0 Å². The molecule has 1 aromatic rings. The van der Waals surface area contributed by atoms with Gasteiger partial charge in [-0.1, -0.05) is 31.2 Å². The van der Waals surface area contributed by atoms with Crippen molar-refractivity contribution in [1.29, 1.82) is 0 Å². The SMILES string of the molecule is CNC1c2ccccc2CC1N1CCCC(C)CC1. The van der Waals surface area contributed by atoms with E-state index in [1.54, 1.807) is 5.56 Å². The maximum Gasteiger partial charge on any atom is 0.0481 e. The van der Waals surface area contributed by atoms with Crippen LogP contribution in [0.3, 0.4) is 0 Å². The van der Waals surface area contributed by atoms with Gasteiger partial charge in [-0.3, -0.25) is 4.90 Å². The summed E-state index contributed by atoms with van der Waals surface area (Å²) in [6.07, 6.45) is 5.35. The third-order valence-electron chi connectivity index (χ3n) is 5.04. The Hall–Kier alpha value is -0.860. The van der Waals surface area contributed by atoms with Crippen LogP contribution in [-0.2, 0) is 6.42 Å². The van der Waals surface area contributed by atoms with Crippen molar-refractivity contribution in [3.8, 4) is 0 Å². The average Bonchev–Trinajstić information content (AvgIpc) is 2.67. The van der Waals surface area contributed by atoms with Crippen LogP contribution in [0, 0.1) is 5.92 Å². The van der Waals surface area contributed by atoms with E-state index in [-0.39, 0.29) is 0 Å². The van der Waals surface area contributed by atoms with E-state index in [1.165, 1.54) is 44.3 Å². The van der Waals surface area contributed by atoms with E-state index in [2.05, 4.69) is 48.5 Å². The summed E-state index contributed by atoms with van der Waals surface area (Å²) in [5, 5.41) is 3.56. The number of fused-ring (bicyclic) bond motifs is 1. The molecule has 1 fully saturated rings. The van der Waals surface area contributed by atoms with Crippen molar-refractivity contribution in [2.24, 2.45) is 5.92 Å². The zero-order chi connectivity index (χ0) is 13.2. The highest BCUT2D eigenvalue weighted by atomic mass is 15.2. The molecule has 104 valence electrons. The van der Waals surface area contributed by atoms with Crippen molar-refractivity contribution in [2.45, 2.75) is 44.7 Å². The van der Waals surface area contributed by atoms with Gasteiger partial charge in [0.2, 0.25) is 0 Å². The summed E-state index contributed by atoms with van der Waals surface area (Å²) >= 11 is 0. The molecule has 1 aliphatic heterocycles. The summed E-state index contributed by atoms with van der Waals surface area (Å²) < 4.78 is 0. The predicted molar refractivity (Wildman–Crippen MR) is 80.3 cm³/mol. The second-order valence-corrected chi connectivity index (χ2v) is 6.31. The Morgan fingerprint density at radius 2 is 2.00 bits per heavy atom. The van der Waals surface area contributed by atoms with E-state index in [0.29, 0.717) is 12.1 Å². The number of likely N-dealkylation sites (tertiary alicyclic amines) is 1. The number of benzene rings is 1. The van der Waals surface area contributed by atoms with Crippen LogP contribution in [0.5, 0.6) is 0 Å². The summed E-state index contributed by atoms with van der Waals surface area (Å²) in [5.41, 5.74) is 3.07. The van der Waals surface area contributed by atoms with Crippen LogP contribution >= 0.6 is 0 Å². The number of hydrogen-bond acceptors (Lipinski definition) is 2. The molecule has 2 heteroatoms. The predicted octanol–water partition coefficient (Wildman–Crippen LogP) is 2.99. The first-order valence-corrected chi connectivity index (χ1v) is 7.78. The molecule has 3 unspecified atom stereocenters. The van der Waals surface area contributed by atoms with Crippen LogP contribution in [-0.4, -0.2) is 31.1 Å². The molecule has 1 aliphatic carbocycles. The molecule has 3 rings (SSSR count). The van der Waals surface area contributed by atoms with Crippen LogP contribution in [0.25, 0.3) is 0 Å². The summed E-state index contributed by atoms with van der Waals surface area (Å²) in [4.78, 5) is 2.74. The van der Waals surface area contributed by atoms with Crippen molar-refractivity contribution < 1.29 is 0 Å². The van der Waals surface area contributed by atoms with Gasteiger partial charge in [-0.05, 0) is 62.9 Å². The summed E-state index contributed by atoms with van der Waals surface area (Å²) in [6.45, 7) is 4.96. The maximum absolute atomic E-state index is 3.56. The Balaban J connectivity index is 1.78. The number of nitrogens with zero attached hydrogens (tertiary/aromatic N) is 1. The van der Waals surface area contributed by atoms with Crippen LogP contribution in [0.15, 0.2) is 24.3 Å². The molecular formula is C17H26N2. The second-order valence-electron chi connectivity index (χ2n) is 6.31. The fourth-order valence-corrected chi connectivity index (χ4v) is 3.88. The number of likely N-dealkylation sites (N-methyl/N-ethyl adjacent to an activating group) is 1. The van der Waals surface area contributed by atoms with E-state index in [9.17, 15) is 0 Å². The van der Waals surface area contributed by atoms with Gasteiger partial charge in [-0.15, -0.1) is 0 Å². The molecule has 0 bridgehead atoms. The van der Waals surface area contributed by atoms with Gasteiger partial charge in [-0.25, -0.2) is 0 Å². The van der Waals surface area contributed by atoms with E-state index in [0.717, 1.165) is 5.92 Å². The number of nitrogens with one attached hydrogen (secondary N) is 1. The second kappa shape index (κ2) is 5.64. The zero-order valence-corrected chi connectivity index (χ0v) is 12.2. The Morgan fingerprint density at radius 1 is 1.16 bits per heavy atom. The molecule has 0 amide bonds. The first-order valence-electron chi connectivity index (χ1n) is 7.78. The molecule has 3 atom stereocenters. The molecule has 1 saturated heterocycles. The molecule has 0 spiro atoms. The number of rotatable bonds is 2. The van der Waals surface area contributed by atoms with Gasteiger partial charge in [-0.2, -0.15) is 0 Å². The normalized spacial score (nSPS) is 32.0. The summed E-state index contributed by atoms with van der Waals surface area (Å²) in [7, 11) is 2.11. The lowest BCUT2D eigenvalue weighted by atomic mass is 10.0. The minimum absolute atomic E-state index is 0.518. The monoisotopic (exact) mass is 258 g/mol. The maximum atomic E-state index is 3.56. The third-order valence-corrected chi connectivity index (χ3v) is 5.04. The van der Waals surface area contributed by atoms with Crippen molar-refractivity contribution >= 4 is 0 Å². The fourth-order valence-electron chi connectivity index (χ4n) is 3.88. The quantitative estimate of drug-likeness (QED) is 0.877. The minimum atomic E-state index is 0.518. The van der Waals surface area contributed by atoms with E-state index in [4.69, 9.17) is 0 Å². The molecule has 1 aromatic carbocycles. The smallest absolute Gasteiger partial charge is 0.0481 e. The molecule has 0 aromatic heterocycles. The summed E-state index contributed by atoms with van der Waals surface area (Å²) in [5.74, 6) is 0.904. The lowest BCUT2D eigenvalue weighted by Gasteiger charge is -2.32. The van der Waals surface area contributed by atoms with Crippen molar-refractivity contribution in [3.63, 3.8) is 0 Å². The zero-order valence-electron chi connectivity index (χ0n) is 12.2. The molecule has 2 aliphatic rings. The highest BCUT2D eigenvalue weighted by molar-refractivity contribution is 5.37. The van der Waals surface area contributed by atoms with Gasteiger partial charge in [0.25, 0.3) is 0 Å². The Labute approximate surface area is 117 Å². The first kappa shape index (κ1) is 13.1. The molecular weight excluding hydrogens is 232 g/mol. The van der Waals surface area contributed by atoms with Crippen LogP contribution in [0.2, 0.25) is 0 Å². The molecule has 19 heavy (non-hydrogen) atoms. The molecule has 0 saturated carbocycles. The Morgan fingerprint density at radius 3 is 2.84 bits per heavy atom. The highest BCUT2D eigenvalue weighted by Crippen LogP contribution is 2.35. The van der Waals surface area contributed by atoms with Gasteiger partial charge in [0.15, 0.2) is 0 Å². The fraction of sp³-hybridized carbons (Fsp3) is 0.647. The van der Waals surface area contributed by atoms with Crippen molar-refractivity contribution in [1.82, 2.24) is 10.2 Å². The first-order chi connectivity index (χ1) is 9.29. The topological polar surface area (TPSA) is 15.3 Å². The van der Waals surface area contributed by atoms with E-state index < -0.39 is 0 Å². The van der Waals surface area contributed by atoms with Crippen LogP contribution in [0.1, 0.15) is 43.4 Å². The van der Waals surface area contributed by atoms with Gasteiger partial charge < -0.3 is 5.32 Å². The lowest BCUT2D eigenvalue weighted by molar-refractivity contribution is 0.174. The third kappa shape index (κ3) is 2.56. The Bertz CT molecular complexity index is 429. The average molecular weight is 258 g/mol. The summed E-state index contributed by atoms with van der Waals surface area (Å²) in [6, 6.07) is 10.1. The van der Waals surface area contributed by atoms with Crippen LogP contribution < -0.4 is 5.32 Å². The lowest BCUT2D eigenvalue weighted by Crippen LogP contribution is -2.42.